The Labute approximate surface area is 168 Å². The molecule has 2 N–H and O–H groups in total. The van der Waals surface area contributed by atoms with Crippen molar-refractivity contribution in [2.24, 2.45) is 0 Å². The number of benzene rings is 3. The topological polar surface area (TPSA) is 32.3 Å². The highest BCUT2D eigenvalue weighted by molar-refractivity contribution is 5.47. The van der Waals surface area contributed by atoms with Crippen molar-refractivity contribution >= 4 is 0 Å². The number of rotatable bonds is 6. The minimum absolute atomic E-state index is 0.328. The highest BCUT2D eigenvalue weighted by atomic mass is 16.3. The molecule has 3 aromatic carbocycles. The van der Waals surface area contributed by atoms with E-state index in [0.717, 1.165) is 32.4 Å². The van der Waals surface area contributed by atoms with Gasteiger partial charge in [0.2, 0.25) is 0 Å². The second kappa shape index (κ2) is 8.62. The Morgan fingerprint density at radius 1 is 0.929 bits per heavy atom. The number of likely N-dealkylation sites (N-methyl/N-ethyl adjacent to an activating group) is 1. The Morgan fingerprint density at radius 3 is 2.46 bits per heavy atom. The van der Waals surface area contributed by atoms with Gasteiger partial charge in [-0.3, -0.25) is 0 Å². The molecule has 4 rings (SSSR count). The summed E-state index contributed by atoms with van der Waals surface area (Å²) >= 11 is 0. The quantitative estimate of drug-likeness (QED) is 0.568. The van der Waals surface area contributed by atoms with Gasteiger partial charge in [0, 0.05) is 5.92 Å². The number of aromatic hydroxyl groups is 1. The first-order valence-corrected chi connectivity index (χ1v) is 10.4. The van der Waals surface area contributed by atoms with Crippen molar-refractivity contribution in [1.29, 1.82) is 0 Å². The van der Waals surface area contributed by atoms with Gasteiger partial charge in [0.05, 0.1) is 0 Å². The molecular weight excluding hydrogens is 342 g/mol. The zero-order valence-corrected chi connectivity index (χ0v) is 16.6. The number of hydrogen-bond donors (Lipinski definition) is 2. The first kappa shape index (κ1) is 18.8. The number of phenolic OH excluding ortho intramolecular Hbond substituents is 1. The summed E-state index contributed by atoms with van der Waals surface area (Å²) in [5.41, 5.74) is 6.80. The van der Waals surface area contributed by atoms with Crippen LogP contribution >= 0.6 is 0 Å². The van der Waals surface area contributed by atoms with Crippen LogP contribution in [0.2, 0.25) is 0 Å². The summed E-state index contributed by atoms with van der Waals surface area (Å²) in [4.78, 5) is 0. The molecule has 144 valence electrons. The van der Waals surface area contributed by atoms with E-state index in [4.69, 9.17) is 0 Å². The van der Waals surface area contributed by atoms with Crippen molar-refractivity contribution in [3.05, 3.63) is 101 Å². The minimum atomic E-state index is 0.328. The standard InChI is InChI=1S/C26H29NO/c1-2-27-17-16-19-8-10-21(11-9-19)26-24(20-6-4-3-5-7-20)14-12-22-18-23(28)13-15-25(22)26/h3-11,13,15,18,24,26-28H,2,12,14,16-17H2,1H3/t24-,26+/m1/s1. The monoisotopic (exact) mass is 371 g/mol. The van der Waals surface area contributed by atoms with Crippen LogP contribution < -0.4 is 5.32 Å². The van der Waals surface area contributed by atoms with Crippen molar-refractivity contribution in [2.75, 3.05) is 13.1 Å². The molecule has 1 aliphatic carbocycles. The lowest BCUT2D eigenvalue weighted by Crippen LogP contribution is -2.20. The van der Waals surface area contributed by atoms with E-state index in [0.29, 0.717) is 17.6 Å². The fraction of sp³-hybridized carbons (Fsp3) is 0.308. The van der Waals surface area contributed by atoms with Gasteiger partial charge in [0.15, 0.2) is 0 Å². The van der Waals surface area contributed by atoms with Crippen LogP contribution in [0.5, 0.6) is 5.75 Å². The highest BCUT2D eigenvalue weighted by Crippen LogP contribution is 2.46. The molecule has 0 fully saturated rings. The molecule has 3 aromatic rings. The van der Waals surface area contributed by atoms with Gasteiger partial charge >= 0.3 is 0 Å². The van der Waals surface area contributed by atoms with Crippen LogP contribution in [0.1, 0.15) is 53.0 Å². The number of aryl methyl sites for hydroxylation is 1. The van der Waals surface area contributed by atoms with Crippen molar-refractivity contribution in [2.45, 2.75) is 38.0 Å². The summed E-state index contributed by atoms with van der Waals surface area (Å²) in [5.74, 6) is 1.16. The summed E-state index contributed by atoms with van der Waals surface area (Å²) in [6.07, 6.45) is 3.18. The van der Waals surface area contributed by atoms with Gasteiger partial charge in [-0.05, 0) is 78.2 Å². The van der Waals surface area contributed by atoms with Crippen molar-refractivity contribution in [3.8, 4) is 5.75 Å². The fourth-order valence-corrected chi connectivity index (χ4v) is 4.58. The minimum Gasteiger partial charge on any atom is -0.508 e. The second-order valence-corrected chi connectivity index (χ2v) is 7.76. The zero-order chi connectivity index (χ0) is 19.3. The van der Waals surface area contributed by atoms with Gasteiger partial charge in [-0.2, -0.15) is 0 Å². The number of nitrogens with one attached hydrogen (secondary N) is 1. The molecule has 0 bridgehead atoms. The lowest BCUT2D eigenvalue weighted by molar-refractivity contribution is 0.469. The van der Waals surface area contributed by atoms with E-state index in [2.05, 4.69) is 72.9 Å². The molecule has 0 unspecified atom stereocenters. The maximum atomic E-state index is 9.96. The normalized spacial score (nSPS) is 18.6. The van der Waals surface area contributed by atoms with Crippen LogP contribution in [0.3, 0.4) is 0 Å². The molecule has 2 heteroatoms. The predicted molar refractivity (Wildman–Crippen MR) is 116 cm³/mol. The molecule has 2 nitrogen and oxygen atoms in total. The molecule has 0 saturated heterocycles. The summed E-state index contributed by atoms with van der Waals surface area (Å²) < 4.78 is 0. The van der Waals surface area contributed by atoms with Crippen LogP contribution in [0, 0.1) is 0 Å². The lowest BCUT2D eigenvalue weighted by atomic mass is 9.69. The van der Waals surface area contributed by atoms with E-state index in [9.17, 15) is 5.11 Å². The average Bonchev–Trinajstić information content (AvgIpc) is 2.74. The first-order valence-electron chi connectivity index (χ1n) is 10.4. The van der Waals surface area contributed by atoms with Gasteiger partial charge < -0.3 is 10.4 Å². The molecule has 0 aromatic heterocycles. The summed E-state index contributed by atoms with van der Waals surface area (Å²) in [6.45, 7) is 4.18. The highest BCUT2D eigenvalue weighted by Gasteiger charge is 2.32. The van der Waals surface area contributed by atoms with Gasteiger partial charge in [0.1, 0.15) is 5.75 Å². The van der Waals surface area contributed by atoms with E-state index >= 15 is 0 Å². The molecular formula is C26H29NO. The van der Waals surface area contributed by atoms with Gasteiger partial charge in [-0.15, -0.1) is 0 Å². The first-order chi connectivity index (χ1) is 13.8. The largest absolute Gasteiger partial charge is 0.508 e. The Bertz CT molecular complexity index is 901. The third-order valence-electron chi connectivity index (χ3n) is 6.00. The summed E-state index contributed by atoms with van der Waals surface area (Å²) in [7, 11) is 0. The third-order valence-corrected chi connectivity index (χ3v) is 6.00. The average molecular weight is 372 g/mol. The van der Waals surface area contributed by atoms with Crippen LogP contribution in [0.15, 0.2) is 72.8 Å². The zero-order valence-electron chi connectivity index (χ0n) is 16.6. The Balaban J connectivity index is 1.69. The molecule has 28 heavy (non-hydrogen) atoms. The smallest absolute Gasteiger partial charge is 0.115 e. The van der Waals surface area contributed by atoms with E-state index in [-0.39, 0.29) is 0 Å². The van der Waals surface area contributed by atoms with Gasteiger partial charge in [0.25, 0.3) is 0 Å². The second-order valence-electron chi connectivity index (χ2n) is 7.76. The van der Waals surface area contributed by atoms with Crippen LogP contribution in [0.25, 0.3) is 0 Å². The van der Waals surface area contributed by atoms with Crippen molar-refractivity contribution in [3.63, 3.8) is 0 Å². The molecule has 2 atom stereocenters. The van der Waals surface area contributed by atoms with Crippen molar-refractivity contribution in [1.82, 2.24) is 5.32 Å². The molecule has 0 heterocycles. The summed E-state index contributed by atoms with van der Waals surface area (Å²) in [6, 6.07) is 26.0. The molecule has 0 saturated carbocycles. The Kier molecular flexibility index (Phi) is 5.78. The van der Waals surface area contributed by atoms with E-state index in [1.165, 1.54) is 27.8 Å². The number of hydrogen-bond acceptors (Lipinski definition) is 2. The molecule has 0 aliphatic heterocycles. The van der Waals surface area contributed by atoms with E-state index < -0.39 is 0 Å². The fourth-order valence-electron chi connectivity index (χ4n) is 4.58. The third kappa shape index (κ3) is 3.98. The van der Waals surface area contributed by atoms with E-state index in [1.54, 1.807) is 0 Å². The maximum Gasteiger partial charge on any atom is 0.115 e. The SMILES string of the molecule is CCNCCc1ccc([C@@H]2c3ccc(O)cc3CC[C@@H]2c2ccccc2)cc1. The molecule has 0 radical (unpaired) electrons. The van der Waals surface area contributed by atoms with Gasteiger partial charge in [-0.1, -0.05) is 67.6 Å². The lowest BCUT2D eigenvalue weighted by Gasteiger charge is -2.35. The van der Waals surface area contributed by atoms with Crippen molar-refractivity contribution < 1.29 is 5.11 Å². The van der Waals surface area contributed by atoms with Crippen LogP contribution in [0.4, 0.5) is 0 Å². The Hall–Kier alpha value is -2.58. The number of fused-ring (bicyclic) bond motifs is 1. The molecule has 1 aliphatic rings. The van der Waals surface area contributed by atoms with E-state index in [1.807, 2.05) is 12.1 Å². The van der Waals surface area contributed by atoms with Crippen LogP contribution in [-0.4, -0.2) is 18.2 Å². The molecule has 0 amide bonds. The predicted octanol–water partition coefficient (Wildman–Crippen LogP) is 5.41. The Morgan fingerprint density at radius 2 is 1.71 bits per heavy atom. The maximum absolute atomic E-state index is 9.96. The number of phenols is 1. The van der Waals surface area contributed by atoms with Crippen LogP contribution in [-0.2, 0) is 12.8 Å². The molecule has 0 spiro atoms. The van der Waals surface area contributed by atoms with Gasteiger partial charge in [-0.25, -0.2) is 0 Å². The summed E-state index contributed by atoms with van der Waals surface area (Å²) in [5, 5.41) is 13.4.